The van der Waals surface area contributed by atoms with Crippen molar-refractivity contribution < 1.29 is 9.53 Å². The van der Waals surface area contributed by atoms with Gasteiger partial charge in [0, 0.05) is 12.5 Å². The molecule has 0 aliphatic rings. The van der Waals surface area contributed by atoms with Crippen LogP contribution < -0.4 is 0 Å². The van der Waals surface area contributed by atoms with Crippen molar-refractivity contribution >= 4 is 16.4 Å². The van der Waals surface area contributed by atoms with Crippen LogP contribution in [0.2, 0.25) is 37.8 Å². The molecule has 0 spiro atoms. The highest BCUT2D eigenvalue weighted by atomic mass is 28.4. The summed E-state index contributed by atoms with van der Waals surface area (Å²) in [6, 6.07) is 0. The summed E-state index contributed by atoms with van der Waals surface area (Å²) in [5.74, 6) is 3.22. The third-order valence-electron chi connectivity index (χ3n) is 4.47. The first-order chi connectivity index (χ1) is 10.2. The maximum absolute atomic E-state index is 10.4. The molecule has 0 saturated heterocycles. The lowest BCUT2D eigenvalue weighted by Gasteiger charge is -2.36. The SMILES string of the molecule is C/C(=C\CCO[Si](C)(C)C(C)(C)C)[C@@H](O)[C@H](C)C#C[Si](C)(C)C. The first kappa shape index (κ1) is 22.7. The maximum Gasteiger partial charge on any atom is 0.191 e. The molecule has 0 aliphatic heterocycles. The zero-order chi connectivity index (χ0) is 18.5. The standard InChI is InChI=1S/C19H38O2Si2/c1-16(18(20)17(2)13-15-22(6,7)8)12-11-14-21-23(9,10)19(3,4)5/h12,17-18,20H,11,14H2,1-10H3/b16-12+/t17-,18-/m1/s1. The van der Waals surface area contributed by atoms with E-state index in [-0.39, 0.29) is 11.0 Å². The predicted octanol–water partition coefficient (Wildman–Crippen LogP) is 5.22. The molecule has 0 bridgehead atoms. The third-order valence-corrected chi connectivity index (χ3v) is 9.90. The van der Waals surface area contributed by atoms with Crippen molar-refractivity contribution in [1.82, 2.24) is 0 Å². The van der Waals surface area contributed by atoms with E-state index in [1.807, 2.05) is 13.8 Å². The predicted molar refractivity (Wildman–Crippen MR) is 108 cm³/mol. The highest BCUT2D eigenvalue weighted by Gasteiger charge is 2.36. The number of rotatable bonds is 6. The molecule has 0 unspecified atom stereocenters. The Morgan fingerprint density at radius 1 is 1.17 bits per heavy atom. The van der Waals surface area contributed by atoms with E-state index < -0.39 is 22.5 Å². The van der Waals surface area contributed by atoms with Gasteiger partial charge in [0.05, 0.1) is 6.10 Å². The highest BCUT2D eigenvalue weighted by Crippen LogP contribution is 2.36. The number of hydrogen-bond acceptors (Lipinski definition) is 2. The van der Waals surface area contributed by atoms with Crippen molar-refractivity contribution in [3.05, 3.63) is 11.6 Å². The summed E-state index contributed by atoms with van der Waals surface area (Å²) >= 11 is 0. The van der Waals surface area contributed by atoms with E-state index in [9.17, 15) is 5.11 Å². The summed E-state index contributed by atoms with van der Waals surface area (Å²) in [6.45, 7) is 22.7. The van der Waals surface area contributed by atoms with Gasteiger partial charge in [0.1, 0.15) is 8.07 Å². The van der Waals surface area contributed by atoms with Gasteiger partial charge in [0.25, 0.3) is 0 Å². The van der Waals surface area contributed by atoms with Crippen molar-refractivity contribution in [3.8, 4) is 11.5 Å². The molecular weight excluding hydrogens is 316 g/mol. The van der Waals surface area contributed by atoms with Crippen LogP contribution in [0.15, 0.2) is 11.6 Å². The lowest BCUT2D eigenvalue weighted by molar-refractivity contribution is 0.176. The Morgan fingerprint density at radius 3 is 2.13 bits per heavy atom. The Hall–Kier alpha value is -0.346. The Labute approximate surface area is 146 Å². The molecule has 0 radical (unpaired) electrons. The van der Waals surface area contributed by atoms with Crippen molar-refractivity contribution in [2.75, 3.05) is 6.61 Å². The van der Waals surface area contributed by atoms with Crippen LogP contribution >= 0.6 is 0 Å². The molecule has 0 aromatic carbocycles. The van der Waals surface area contributed by atoms with Crippen LogP contribution in [0.25, 0.3) is 0 Å². The number of aliphatic hydroxyl groups excluding tert-OH is 1. The molecule has 0 saturated carbocycles. The average molecular weight is 355 g/mol. The molecular formula is C19H38O2Si2. The molecule has 0 fully saturated rings. The molecule has 2 nitrogen and oxygen atoms in total. The number of hydrogen-bond donors (Lipinski definition) is 1. The van der Waals surface area contributed by atoms with Crippen LogP contribution in [0.3, 0.4) is 0 Å². The van der Waals surface area contributed by atoms with E-state index in [4.69, 9.17) is 4.43 Å². The minimum Gasteiger partial charge on any atom is -0.417 e. The second kappa shape index (κ2) is 8.66. The maximum atomic E-state index is 10.4. The Balaban J connectivity index is 4.53. The number of aliphatic hydroxyl groups is 1. The molecule has 1 N–H and O–H groups in total. The van der Waals surface area contributed by atoms with E-state index in [2.05, 4.69) is 71.0 Å². The molecule has 4 heteroatoms. The molecule has 0 aromatic rings. The summed E-state index contributed by atoms with van der Waals surface area (Å²) < 4.78 is 6.17. The van der Waals surface area contributed by atoms with E-state index in [0.29, 0.717) is 0 Å². The van der Waals surface area contributed by atoms with Gasteiger partial charge in [0.2, 0.25) is 0 Å². The van der Waals surface area contributed by atoms with Crippen molar-refractivity contribution in [3.63, 3.8) is 0 Å². The molecule has 0 aromatic heterocycles. The van der Waals surface area contributed by atoms with Crippen LogP contribution in [-0.4, -0.2) is 34.2 Å². The van der Waals surface area contributed by atoms with Crippen molar-refractivity contribution in [2.24, 2.45) is 5.92 Å². The normalized spacial score (nSPS) is 16.6. The monoisotopic (exact) mass is 354 g/mol. The topological polar surface area (TPSA) is 29.5 Å². The minimum absolute atomic E-state index is 0.0146. The van der Waals surface area contributed by atoms with Gasteiger partial charge >= 0.3 is 0 Å². The van der Waals surface area contributed by atoms with Crippen LogP contribution in [0.4, 0.5) is 0 Å². The third kappa shape index (κ3) is 8.90. The van der Waals surface area contributed by atoms with Gasteiger partial charge in [-0.15, -0.1) is 11.5 Å². The van der Waals surface area contributed by atoms with Crippen LogP contribution in [0.5, 0.6) is 0 Å². The highest BCUT2D eigenvalue weighted by molar-refractivity contribution is 6.83. The molecule has 0 rings (SSSR count). The smallest absolute Gasteiger partial charge is 0.191 e. The first-order valence-corrected chi connectivity index (χ1v) is 15.1. The van der Waals surface area contributed by atoms with Crippen LogP contribution in [-0.2, 0) is 4.43 Å². The fraction of sp³-hybridized carbons (Fsp3) is 0.789. The lowest BCUT2D eigenvalue weighted by atomic mass is 9.98. The van der Waals surface area contributed by atoms with E-state index in [0.717, 1.165) is 18.6 Å². The van der Waals surface area contributed by atoms with Gasteiger partial charge in [-0.2, -0.15) is 0 Å². The summed E-state index contributed by atoms with van der Waals surface area (Å²) in [4.78, 5) is 0. The van der Waals surface area contributed by atoms with E-state index in [1.165, 1.54) is 0 Å². The van der Waals surface area contributed by atoms with Crippen LogP contribution in [0, 0.1) is 17.4 Å². The molecule has 134 valence electrons. The molecule has 2 atom stereocenters. The van der Waals surface area contributed by atoms with Crippen molar-refractivity contribution in [2.45, 2.75) is 84.9 Å². The molecule has 23 heavy (non-hydrogen) atoms. The summed E-state index contributed by atoms with van der Waals surface area (Å²) in [6.07, 6.45) is 2.47. The quantitative estimate of drug-likeness (QED) is 0.306. The second-order valence-electron chi connectivity index (χ2n) is 9.10. The van der Waals surface area contributed by atoms with Crippen LogP contribution in [0.1, 0.15) is 41.0 Å². The zero-order valence-corrected chi connectivity index (χ0v) is 19.0. The summed E-state index contributed by atoms with van der Waals surface area (Å²) in [5, 5.41) is 10.6. The fourth-order valence-corrected chi connectivity index (χ4v) is 3.46. The van der Waals surface area contributed by atoms with Gasteiger partial charge in [0.15, 0.2) is 8.32 Å². The second-order valence-corrected chi connectivity index (χ2v) is 18.7. The van der Waals surface area contributed by atoms with Crippen molar-refractivity contribution in [1.29, 1.82) is 0 Å². The minimum atomic E-state index is -1.67. The molecule has 0 heterocycles. The van der Waals surface area contributed by atoms with E-state index in [1.54, 1.807) is 0 Å². The Bertz CT molecular complexity index is 456. The average Bonchev–Trinajstić information content (AvgIpc) is 2.37. The molecule has 0 amide bonds. The summed E-state index contributed by atoms with van der Waals surface area (Å²) in [5.41, 5.74) is 4.34. The summed E-state index contributed by atoms with van der Waals surface area (Å²) in [7, 11) is -3.05. The van der Waals surface area contributed by atoms with E-state index >= 15 is 0 Å². The van der Waals surface area contributed by atoms with Gasteiger partial charge in [-0.05, 0) is 44.0 Å². The Morgan fingerprint density at radius 2 is 1.70 bits per heavy atom. The first-order valence-electron chi connectivity index (χ1n) is 8.69. The van der Waals surface area contributed by atoms with Gasteiger partial charge in [-0.3, -0.25) is 0 Å². The zero-order valence-electron chi connectivity index (χ0n) is 17.0. The van der Waals surface area contributed by atoms with Gasteiger partial charge in [-0.1, -0.05) is 46.5 Å². The largest absolute Gasteiger partial charge is 0.417 e. The van der Waals surface area contributed by atoms with Gasteiger partial charge in [-0.25, -0.2) is 0 Å². The Kier molecular flexibility index (Phi) is 8.53. The molecule has 0 aliphatic carbocycles. The fourth-order valence-electron chi connectivity index (χ4n) is 1.74. The van der Waals surface area contributed by atoms with Gasteiger partial charge < -0.3 is 9.53 Å². The lowest BCUT2D eigenvalue weighted by Crippen LogP contribution is -2.40.